The molecular formula is C18H25N5O2S. The van der Waals surface area contributed by atoms with Crippen LogP contribution in [0.2, 0.25) is 0 Å². The molecule has 0 aliphatic heterocycles. The molecule has 1 aromatic heterocycles. The van der Waals surface area contributed by atoms with E-state index >= 15 is 0 Å². The number of amides is 2. The van der Waals surface area contributed by atoms with Crippen molar-refractivity contribution in [1.82, 2.24) is 20.4 Å². The minimum atomic E-state index is -0.318. The first-order valence-corrected chi connectivity index (χ1v) is 9.63. The molecule has 26 heavy (non-hydrogen) atoms. The zero-order valence-corrected chi connectivity index (χ0v) is 16.2. The van der Waals surface area contributed by atoms with E-state index in [4.69, 9.17) is 0 Å². The number of carbonyl (C=O) groups excluding carboxylic acids is 2. The van der Waals surface area contributed by atoms with Crippen LogP contribution < -0.4 is 10.6 Å². The van der Waals surface area contributed by atoms with Gasteiger partial charge in [-0.2, -0.15) is 0 Å². The first-order valence-electron chi connectivity index (χ1n) is 8.81. The van der Waals surface area contributed by atoms with Gasteiger partial charge >= 0.3 is 0 Å². The smallest absolute Gasteiger partial charge is 0.286 e. The average molecular weight is 375 g/mol. The van der Waals surface area contributed by atoms with Gasteiger partial charge in [0, 0.05) is 24.3 Å². The minimum absolute atomic E-state index is 0.155. The second kappa shape index (κ2) is 9.98. The number of hydrogen-bond acceptors (Lipinski definition) is 6. The molecule has 2 N–H and O–H groups in total. The Kier molecular flexibility index (Phi) is 7.68. The van der Waals surface area contributed by atoms with Crippen LogP contribution in [-0.2, 0) is 6.42 Å². The Morgan fingerprint density at radius 3 is 2.54 bits per heavy atom. The Balaban J connectivity index is 1.94. The summed E-state index contributed by atoms with van der Waals surface area (Å²) in [7, 11) is 0. The van der Waals surface area contributed by atoms with Crippen LogP contribution in [0.1, 0.15) is 45.9 Å². The molecule has 0 bridgehead atoms. The number of benzene rings is 1. The number of nitrogens with one attached hydrogen (secondary N) is 2. The fraction of sp³-hybridized carbons (Fsp3) is 0.444. The molecule has 140 valence electrons. The van der Waals surface area contributed by atoms with E-state index in [1.54, 1.807) is 24.3 Å². The van der Waals surface area contributed by atoms with Crippen LogP contribution in [0, 0.1) is 0 Å². The fourth-order valence-electron chi connectivity index (χ4n) is 2.38. The lowest BCUT2D eigenvalue weighted by Crippen LogP contribution is -2.34. The number of rotatable bonds is 9. The molecule has 0 spiro atoms. The molecule has 2 rings (SSSR count). The number of carbonyl (C=O) groups is 2. The summed E-state index contributed by atoms with van der Waals surface area (Å²) in [5, 5.41) is 14.6. The Labute approximate surface area is 157 Å². The van der Waals surface area contributed by atoms with E-state index in [0.29, 0.717) is 22.8 Å². The third kappa shape index (κ3) is 5.60. The van der Waals surface area contributed by atoms with Gasteiger partial charge in [-0.05, 0) is 37.7 Å². The van der Waals surface area contributed by atoms with E-state index in [9.17, 15) is 9.59 Å². The van der Waals surface area contributed by atoms with Crippen LogP contribution in [0.5, 0.6) is 0 Å². The van der Waals surface area contributed by atoms with Crippen molar-refractivity contribution in [1.29, 1.82) is 0 Å². The Morgan fingerprint density at radius 1 is 1.12 bits per heavy atom. The van der Waals surface area contributed by atoms with Gasteiger partial charge in [-0.25, -0.2) is 0 Å². The molecule has 7 nitrogen and oxygen atoms in total. The van der Waals surface area contributed by atoms with Crippen LogP contribution in [0.25, 0.3) is 0 Å². The van der Waals surface area contributed by atoms with Gasteiger partial charge in [-0.15, -0.1) is 10.2 Å². The molecule has 2 amide bonds. The van der Waals surface area contributed by atoms with E-state index in [1.165, 1.54) is 11.3 Å². The maximum Gasteiger partial charge on any atom is 0.286 e. The molecule has 8 heteroatoms. The van der Waals surface area contributed by atoms with Crippen molar-refractivity contribution in [2.75, 3.05) is 31.5 Å². The molecule has 0 aliphatic rings. The second-order valence-electron chi connectivity index (χ2n) is 5.67. The number of anilines is 1. The van der Waals surface area contributed by atoms with Crippen LogP contribution in [0.4, 0.5) is 5.69 Å². The molecule has 0 unspecified atom stereocenters. The number of hydrogen-bond donors (Lipinski definition) is 2. The summed E-state index contributed by atoms with van der Waals surface area (Å²) < 4.78 is 0. The lowest BCUT2D eigenvalue weighted by atomic mass is 10.2. The van der Waals surface area contributed by atoms with Crippen molar-refractivity contribution in [3.63, 3.8) is 0 Å². The zero-order chi connectivity index (χ0) is 18.9. The van der Waals surface area contributed by atoms with Crippen LogP contribution >= 0.6 is 11.3 Å². The number of likely N-dealkylation sites (N-methyl/N-ethyl adjacent to an activating group) is 1. The predicted octanol–water partition coefficient (Wildman–Crippen LogP) is 2.42. The third-order valence-electron chi connectivity index (χ3n) is 3.95. The molecule has 0 saturated heterocycles. The fourth-order valence-corrected chi connectivity index (χ4v) is 3.05. The van der Waals surface area contributed by atoms with Crippen LogP contribution in [0.15, 0.2) is 24.3 Å². The quantitative estimate of drug-likeness (QED) is 0.703. The van der Waals surface area contributed by atoms with E-state index in [1.807, 2.05) is 6.92 Å². The second-order valence-corrected chi connectivity index (χ2v) is 6.73. The van der Waals surface area contributed by atoms with E-state index < -0.39 is 0 Å². The standard InChI is InChI=1S/C18H25N5O2S/c1-4-15-21-22-18(26-15)17(25)20-14-9-7-8-13(12-14)16(24)19-10-11-23(5-2)6-3/h7-9,12H,4-6,10-11H2,1-3H3,(H,19,24)(H,20,25). The van der Waals surface area contributed by atoms with Crippen LogP contribution in [0.3, 0.4) is 0 Å². The maximum absolute atomic E-state index is 12.3. The predicted molar refractivity (Wildman–Crippen MR) is 104 cm³/mol. The van der Waals surface area contributed by atoms with Gasteiger partial charge in [0.2, 0.25) is 5.01 Å². The van der Waals surface area contributed by atoms with Crippen molar-refractivity contribution in [3.05, 3.63) is 39.8 Å². The maximum atomic E-state index is 12.3. The highest BCUT2D eigenvalue weighted by Gasteiger charge is 2.13. The molecule has 0 fully saturated rings. The normalized spacial score (nSPS) is 10.8. The first kappa shape index (κ1) is 20.0. The van der Waals surface area contributed by atoms with Crippen molar-refractivity contribution in [3.8, 4) is 0 Å². The number of aromatic nitrogens is 2. The molecular weight excluding hydrogens is 350 g/mol. The van der Waals surface area contributed by atoms with Crippen molar-refractivity contribution >= 4 is 28.8 Å². The molecule has 1 heterocycles. The summed E-state index contributed by atoms with van der Waals surface area (Å²) in [4.78, 5) is 26.8. The van der Waals surface area contributed by atoms with Gasteiger partial charge in [0.15, 0.2) is 0 Å². The first-order chi connectivity index (χ1) is 12.6. The highest BCUT2D eigenvalue weighted by molar-refractivity contribution is 7.13. The minimum Gasteiger partial charge on any atom is -0.351 e. The van der Waals surface area contributed by atoms with E-state index in [-0.39, 0.29) is 11.8 Å². The summed E-state index contributed by atoms with van der Waals surface area (Å²) in [5.74, 6) is -0.473. The molecule has 0 aliphatic carbocycles. The van der Waals surface area contributed by atoms with Crippen molar-refractivity contribution in [2.45, 2.75) is 27.2 Å². The lowest BCUT2D eigenvalue weighted by molar-refractivity contribution is 0.0947. The average Bonchev–Trinajstić information content (AvgIpc) is 3.15. The highest BCUT2D eigenvalue weighted by Crippen LogP contribution is 2.15. The van der Waals surface area contributed by atoms with Gasteiger partial charge in [-0.3, -0.25) is 9.59 Å². The van der Waals surface area contributed by atoms with Gasteiger partial charge in [0.1, 0.15) is 5.01 Å². The summed E-state index contributed by atoms with van der Waals surface area (Å²) in [6.45, 7) is 9.47. The Hall–Kier alpha value is -2.32. The highest BCUT2D eigenvalue weighted by atomic mass is 32.1. The number of nitrogens with zero attached hydrogens (tertiary/aromatic N) is 3. The van der Waals surface area contributed by atoms with Gasteiger partial charge in [0.05, 0.1) is 0 Å². The van der Waals surface area contributed by atoms with E-state index in [2.05, 4.69) is 39.6 Å². The molecule has 0 atom stereocenters. The number of aryl methyl sites for hydroxylation is 1. The van der Waals surface area contributed by atoms with Gasteiger partial charge < -0.3 is 15.5 Å². The SMILES string of the molecule is CCc1nnc(C(=O)Nc2cccc(C(=O)NCCN(CC)CC)c2)s1. The Morgan fingerprint density at radius 2 is 1.88 bits per heavy atom. The van der Waals surface area contributed by atoms with E-state index in [0.717, 1.165) is 31.1 Å². The third-order valence-corrected chi connectivity index (χ3v) is 5.02. The van der Waals surface area contributed by atoms with Crippen LogP contribution in [-0.4, -0.2) is 53.1 Å². The summed E-state index contributed by atoms with van der Waals surface area (Å²) in [6.07, 6.45) is 0.744. The topological polar surface area (TPSA) is 87.2 Å². The summed E-state index contributed by atoms with van der Waals surface area (Å²) in [5.41, 5.74) is 1.06. The Bertz CT molecular complexity index is 743. The summed E-state index contributed by atoms with van der Waals surface area (Å²) >= 11 is 1.27. The largest absolute Gasteiger partial charge is 0.351 e. The van der Waals surface area contributed by atoms with Crippen molar-refractivity contribution < 1.29 is 9.59 Å². The lowest BCUT2D eigenvalue weighted by Gasteiger charge is -2.18. The molecule has 2 aromatic rings. The van der Waals surface area contributed by atoms with Gasteiger partial charge in [0.25, 0.3) is 11.8 Å². The monoisotopic (exact) mass is 375 g/mol. The molecule has 0 radical (unpaired) electrons. The molecule has 0 saturated carbocycles. The zero-order valence-electron chi connectivity index (χ0n) is 15.4. The van der Waals surface area contributed by atoms with Gasteiger partial charge in [-0.1, -0.05) is 38.2 Å². The van der Waals surface area contributed by atoms with Crippen molar-refractivity contribution in [2.24, 2.45) is 0 Å². The summed E-state index contributed by atoms with van der Waals surface area (Å²) in [6, 6.07) is 6.87. The molecule has 1 aromatic carbocycles.